The van der Waals surface area contributed by atoms with Gasteiger partial charge in [-0.3, -0.25) is 9.59 Å². The first-order chi connectivity index (χ1) is 14.7. The van der Waals surface area contributed by atoms with E-state index < -0.39 is 0 Å². The van der Waals surface area contributed by atoms with E-state index in [9.17, 15) is 9.59 Å². The fourth-order valence-electron chi connectivity index (χ4n) is 4.31. The van der Waals surface area contributed by atoms with Crippen LogP contribution in [0.3, 0.4) is 0 Å². The molecule has 1 aromatic heterocycles. The summed E-state index contributed by atoms with van der Waals surface area (Å²) in [5, 5.41) is 4.36. The van der Waals surface area contributed by atoms with E-state index in [1.807, 2.05) is 47.5 Å². The predicted molar refractivity (Wildman–Crippen MR) is 117 cm³/mol. The van der Waals surface area contributed by atoms with Crippen LogP contribution in [0.25, 0.3) is 11.8 Å². The quantitative estimate of drug-likeness (QED) is 0.730. The maximum atomic E-state index is 12.8. The summed E-state index contributed by atoms with van der Waals surface area (Å²) in [6.45, 7) is 3.10. The molecule has 0 radical (unpaired) electrons. The molecule has 2 fully saturated rings. The van der Waals surface area contributed by atoms with Crippen molar-refractivity contribution in [2.45, 2.75) is 38.5 Å². The molecule has 158 valence electrons. The Morgan fingerprint density at radius 2 is 1.60 bits per heavy atom. The van der Waals surface area contributed by atoms with Gasteiger partial charge >= 0.3 is 0 Å². The second-order valence-electron chi connectivity index (χ2n) is 8.23. The molecule has 0 aliphatic carbocycles. The van der Waals surface area contributed by atoms with Crippen LogP contribution in [0.5, 0.6) is 0 Å². The first kappa shape index (κ1) is 20.4. The van der Waals surface area contributed by atoms with Crippen molar-refractivity contribution in [3.63, 3.8) is 0 Å². The van der Waals surface area contributed by atoms with Gasteiger partial charge in [-0.05, 0) is 43.9 Å². The highest BCUT2D eigenvalue weighted by Crippen LogP contribution is 2.22. The molecule has 0 spiro atoms. The molecule has 0 unspecified atom stereocenters. The van der Waals surface area contributed by atoms with Crippen LogP contribution in [0.2, 0.25) is 0 Å². The van der Waals surface area contributed by atoms with Gasteiger partial charge in [0.1, 0.15) is 0 Å². The average Bonchev–Trinajstić information content (AvgIpc) is 3.11. The summed E-state index contributed by atoms with van der Waals surface area (Å²) < 4.78 is 1.80. The van der Waals surface area contributed by atoms with Crippen LogP contribution in [0, 0.1) is 5.92 Å². The third kappa shape index (κ3) is 4.99. The third-order valence-corrected chi connectivity index (χ3v) is 6.12. The number of aromatic nitrogens is 2. The van der Waals surface area contributed by atoms with E-state index in [0.29, 0.717) is 19.0 Å². The van der Waals surface area contributed by atoms with Gasteiger partial charge in [-0.25, -0.2) is 4.68 Å². The van der Waals surface area contributed by atoms with Crippen molar-refractivity contribution < 1.29 is 9.59 Å². The number of likely N-dealkylation sites (tertiary alicyclic amines) is 2. The van der Waals surface area contributed by atoms with Crippen molar-refractivity contribution in [3.8, 4) is 5.69 Å². The van der Waals surface area contributed by atoms with Crippen LogP contribution in [-0.2, 0) is 9.59 Å². The Balaban J connectivity index is 1.28. The van der Waals surface area contributed by atoms with Crippen molar-refractivity contribution in [1.29, 1.82) is 0 Å². The number of carbonyl (C=O) groups is 2. The number of nitrogens with zero attached hydrogens (tertiary/aromatic N) is 4. The minimum Gasteiger partial charge on any atom is -0.342 e. The van der Waals surface area contributed by atoms with Crippen molar-refractivity contribution in [1.82, 2.24) is 19.6 Å². The molecular formula is C24H30N4O2. The van der Waals surface area contributed by atoms with Crippen LogP contribution in [0.4, 0.5) is 0 Å². The smallest absolute Gasteiger partial charge is 0.246 e. The topological polar surface area (TPSA) is 58.4 Å². The first-order valence-corrected chi connectivity index (χ1v) is 11.1. The zero-order valence-electron chi connectivity index (χ0n) is 17.4. The van der Waals surface area contributed by atoms with E-state index in [0.717, 1.165) is 50.0 Å². The number of amides is 2. The zero-order valence-corrected chi connectivity index (χ0v) is 17.4. The van der Waals surface area contributed by atoms with E-state index in [2.05, 4.69) is 10.00 Å². The first-order valence-electron chi connectivity index (χ1n) is 11.1. The summed E-state index contributed by atoms with van der Waals surface area (Å²) in [5.41, 5.74) is 1.87. The Kier molecular flexibility index (Phi) is 6.62. The Morgan fingerprint density at radius 1 is 0.900 bits per heavy atom. The summed E-state index contributed by atoms with van der Waals surface area (Å²) in [6.07, 6.45) is 13.3. The molecule has 2 aliphatic heterocycles. The molecule has 4 rings (SSSR count). The van der Waals surface area contributed by atoms with Crippen molar-refractivity contribution >= 4 is 17.9 Å². The average molecular weight is 407 g/mol. The van der Waals surface area contributed by atoms with E-state index >= 15 is 0 Å². The molecule has 1 aromatic carbocycles. The van der Waals surface area contributed by atoms with Gasteiger partial charge < -0.3 is 9.80 Å². The van der Waals surface area contributed by atoms with Crippen LogP contribution in [0.1, 0.15) is 44.1 Å². The number of para-hydroxylation sites is 1. The van der Waals surface area contributed by atoms with E-state index in [1.54, 1.807) is 17.0 Å². The lowest BCUT2D eigenvalue weighted by atomic mass is 9.95. The maximum Gasteiger partial charge on any atom is 0.246 e. The molecule has 30 heavy (non-hydrogen) atoms. The molecule has 2 aliphatic rings. The van der Waals surface area contributed by atoms with Gasteiger partial charge in [0.05, 0.1) is 11.9 Å². The molecular weight excluding hydrogens is 376 g/mol. The van der Waals surface area contributed by atoms with Gasteiger partial charge in [-0.1, -0.05) is 31.0 Å². The highest BCUT2D eigenvalue weighted by Gasteiger charge is 2.29. The molecule has 6 heteroatoms. The summed E-state index contributed by atoms with van der Waals surface area (Å²) in [5.74, 6) is 0.372. The minimum atomic E-state index is 0.00290. The van der Waals surface area contributed by atoms with Crippen LogP contribution in [0.15, 0.2) is 48.8 Å². The second kappa shape index (κ2) is 9.74. The number of hydrogen-bond acceptors (Lipinski definition) is 3. The molecule has 6 nitrogen and oxygen atoms in total. The summed E-state index contributed by atoms with van der Waals surface area (Å²) in [6, 6.07) is 9.89. The summed E-state index contributed by atoms with van der Waals surface area (Å²) >= 11 is 0. The van der Waals surface area contributed by atoms with Gasteiger partial charge in [0.25, 0.3) is 0 Å². The lowest BCUT2D eigenvalue weighted by Gasteiger charge is -2.33. The van der Waals surface area contributed by atoms with Gasteiger partial charge in [0, 0.05) is 49.9 Å². The Morgan fingerprint density at radius 3 is 2.30 bits per heavy atom. The van der Waals surface area contributed by atoms with Gasteiger partial charge in [-0.2, -0.15) is 5.10 Å². The molecule has 2 amide bonds. The molecule has 0 bridgehead atoms. The third-order valence-electron chi connectivity index (χ3n) is 6.12. The number of piperidine rings is 1. The van der Waals surface area contributed by atoms with Crippen LogP contribution in [-0.4, -0.2) is 57.6 Å². The van der Waals surface area contributed by atoms with Crippen molar-refractivity contribution in [3.05, 3.63) is 54.4 Å². The van der Waals surface area contributed by atoms with E-state index in [4.69, 9.17) is 0 Å². The lowest BCUT2D eigenvalue weighted by Crippen LogP contribution is -2.44. The van der Waals surface area contributed by atoms with E-state index in [1.165, 1.54) is 12.8 Å². The normalized spacial score (nSPS) is 18.5. The molecule has 0 saturated carbocycles. The minimum absolute atomic E-state index is 0.00290. The second-order valence-corrected chi connectivity index (χ2v) is 8.23. The lowest BCUT2D eigenvalue weighted by molar-refractivity contribution is -0.139. The van der Waals surface area contributed by atoms with Crippen LogP contribution < -0.4 is 0 Å². The molecule has 2 aromatic rings. The highest BCUT2D eigenvalue weighted by molar-refractivity contribution is 5.92. The molecule has 2 saturated heterocycles. The zero-order chi connectivity index (χ0) is 20.8. The summed E-state index contributed by atoms with van der Waals surface area (Å²) in [7, 11) is 0. The van der Waals surface area contributed by atoms with Crippen LogP contribution >= 0.6 is 0 Å². The monoisotopic (exact) mass is 406 g/mol. The predicted octanol–water partition coefficient (Wildman–Crippen LogP) is 3.53. The van der Waals surface area contributed by atoms with Gasteiger partial charge in [0.2, 0.25) is 11.8 Å². The van der Waals surface area contributed by atoms with Crippen molar-refractivity contribution in [2.75, 3.05) is 26.2 Å². The maximum absolute atomic E-state index is 12.8. The SMILES string of the molecule is O=C(/C=C/c1cnn(-c2ccccc2)c1)N1CCC(C(=O)N2CCCCCC2)CC1. The Hall–Kier alpha value is -2.89. The Labute approximate surface area is 178 Å². The molecule has 3 heterocycles. The molecule has 0 N–H and O–H groups in total. The van der Waals surface area contributed by atoms with Gasteiger partial charge in [-0.15, -0.1) is 0 Å². The largest absolute Gasteiger partial charge is 0.342 e. The Bertz CT molecular complexity index is 874. The number of hydrogen-bond donors (Lipinski definition) is 0. The number of benzene rings is 1. The fourth-order valence-corrected chi connectivity index (χ4v) is 4.31. The van der Waals surface area contributed by atoms with Crippen molar-refractivity contribution in [2.24, 2.45) is 5.92 Å². The summed E-state index contributed by atoms with van der Waals surface area (Å²) in [4.78, 5) is 29.3. The number of carbonyl (C=O) groups excluding carboxylic acids is 2. The standard InChI is InChI=1S/C24H30N4O2/c29-23(11-10-20-18-25-28(19-20)22-8-4-3-5-9-22)26-16-12-21(13-17-26)24(30)27-14-6-1-2-7-15-27/h3-5,8-11,18-19,21H,1-2,6-7,12-17H2/b11-10+. The highest BCUT2D eigenvalue weighted by atomic mass is 16.2. The van der Waals surface area contributed by atoms with E-state index in [-0.39, 0.29) is 11.8 Å². The fraction of sp³-hybridized carbons (Fsp3) is 0.458. The number of rotatable bonds is 4. The van der Waals surface area contributed by atoms with Gasteiger partial charge in [0.15, 0.2) is 0 Å². The molecule has 0 atom stereocenters.